The highest BCUT2D eigenvalue weighted by Crippen LogP contribution is 2.51. The van der Waals surface area contributed by atoms with E-state index in [1.165, 1.54) is 27.0 Å². The zero-order valence-electron chi connectivity index (χ0n) is 28.0. The van der Waals surface area contributed by atoms with Crippen LogP contribution in [0.4, 0.5) is 30.7 Å². The zero-order valence-corrected chi connectivity index (χ0v) is 28.0. The number of H-pyrrole nitrogens is 1. The van der Waals surface area contributed by atoms with Crippen LogP contribution in [0.5, 0.6) is 0 Å². The van der Waals surface area contributed by atoms with Crippen molar-refractivity contribution in [3.63, 3.8) is 0 Å². The van der Waals surface area contributed by atoms with E-state index in [9.17, 15) is 31.9 Å². The van der Waals surface area contributed by atoms with Crippen molar-refractivity contribution in [1.29, 1.82) is 0 Å². The van der Waals surface area contributed by atoms with Crippen LogP contribution in [0.15, 0.2) is 67.0 Å². The van der Waals surface area contributed by atoms with E-state index in [1.54, 1.807) is 30.5 Å². The molecule has 1 amide bonds. The maximum atomic E-state index is 15.6. The van der Waals surface area contributed by atoms with Crippen LogP contribution < -0.4 is 5.32 Å². The summed E-state index contributed by atoms with van der Waals surface area (Å²) in [6.45, 7) is 6.65. The summed E-state index contributed by atoms with van der Waals surface area (Å²) < 4.78 is 102. The molecule has 0 fully saturated rings. The summed E-state index contributed by atoms with van der Waals surface area (Å²) in [6, 6.07) is 8.15. The summed E-state index contributed by atoms with van der Waals surface area (Å²) in [5.41, 5.74) is -2.97. The molecule has 6 rings (SSSR count). The number of alkyl halides is 5. The van der Waals surface area contributed by atoms with Gasteiger partial charge in [-0.2, -0.15) is 27.1 Å². The van der Waals surface area contributed by atoms with Crippen molar-refractivity contribution in [3.8, 4) is 23.0 Å². The third kappa shape index (κ3) is 7.43. The first-order valence-corrected chi connectivity index (χ1v) is 15.9. The number of carbonyl (C=O) groups is 1. The fourth-order valence-corrected chi connectivity index (χ4v) is 6.30. The lowest BCUT2D eigenvalue weighted by Crippen LogP contribution is -2.35. The van der Waals surface area contributed by atoms with Gasteiger partial charge >= 0.3 is 6.18 Å². The minimum absolute atomic E-state index is 0.0359. The Labute approximate surface area is 292 Å². The highest BCUT2D eigenvalue weighted by molar-refractivity contribution is 5.82. The van der Waals surface area contributed by atoms with E-state index in [1.807, 2.05) is 0 Å². The highest BCUT2D eigenvalue weighted by Gasteiger charge is 2.56. The number of fused-ring (bicyclic) bond motifs is 2. The van der Waals surface area contributed by atoms with Gasteiger partial charge in [-0.05, 0) is 81.5 Å². The SMILES string of the molecule is C=C(C)C1Cc2c(C(F)(F)F)nn(CC(=O)NC(Cc3cc(F)cc(F)c3)c3nc(C#CC(C)(C)O)ccc3-c3cnc4[nH]ccc4c3)c2C1(F)F. The Morgan fingerprint density at radius 3 is 2.52 bits per heavy atom. The summed E-state index contributed by atoms with van der Waals surface area (Å²) in [5.74, 6) is -2.95. The summed E-state index contributed by atoms with van der Waals surface area (Å²) >= 11 is 0. The van der Waals surface area contributed by atoms with Gasteiger partial charge < -0.3 is 15.4 Å². The number of nitrogens with zero attached hydrogens (tertiary/aromatic N) is 4. The van der Waals surface area contributed by atoms with Crippen molar-refractivity contribution in [2.45, 2.75) is 63.9 Å². The van der Waals surface area contributed by atoms with Crippen molar-refractivity contribution in [3.05, 3.63) is 113 Å². The predicted molar refractivity (Wildman–Crippen MR) is 177 cm³/mol. The number of amides is 1. The van der Waals surface area contributed by atoms with Crippen molar-refractivity contribution in [1.82, 2.24) is 30.0 Å². The molecule has 2 unspecified atom stereocenters. The molecular weight excluding hydrogens is 693 g/mol. The van der Waals surface area contributed by atoms with Crippen molar-refractivity contribution < 1.29 is 40.6 Å². The van der Waals surface area contributed by atoms with Crippen molar-refractivity contribution in [2.24, 2.45) is 5.92 Å². The second-order valence-corrected chi connectivity index (χ2v) is 13.2. The molecule has 1 aromatic carbocycles. The Hall–Kier alpha value is -5.49. The van der Waals surface area contributed by atoms with E-state index >= 15 is 8.78 Å². The number of carbonyl (C=O) groups excluding carboxylic acids is 1. The van der Waals surface area contributed by atoms with E-state index in [0.29, 0.717) is 32.9 Å². The third-order valence-corrected chi connectivity index (χ3v) is 8.53. The quantitative estimate of drug-likeness (QED) is 0.0893. The smallest absolute Gasteiger partial charge is 0.378 e. The topological polar surface area (TPSA) is 109 Å². The van der Waals surface area contributed by atoms with E-state index in [-0.39, 0.29) is 28.9 Å². The average molecular weight is 725 g/mol. The number of hydrogen-bond acceptors (Lipinski definition) is 5. The van der Waals surface area contributed by atoms with Gasteiger partial charge in [-0.3, -0.25) is 9.48 Å². The summed E-state index contributed by atoms with van der Waals surface area (Å²) in [6.07, 6.45) is -2.87. The number of hydrogen-bond donors (Lipinski definition) is 3. The third-order valence-electron chi connectivity index (χ3n) is 8.53. The van der Waals surface area contributed by atoms with Gasteiger partial charge in [-0.25, -0.2) is 18.7 Å². The van der Waals surface area contributed by atoms with E-state index in [4.69, 9.17) is 0 Å². The Morgan fingerprint density at radius 1 is 1.15 bits per heavy atom. The van der Waals surface area contributed by atoms with Gasteiger partial charge in [0.1, 0.15) is 40.8 Å². The van der Waals surface area contributed by atoms with Crippen LogP contribution in [0.1, 0.15) is 60.7 Å². The first kappa shape index (κ1) is 36.3. The molecule has 4 aromatic heterocycles. The van der Waals surface area contributed by atoms with Gasteiger partial charge in [-0.1, -0.05) is 18.1 Å². The number of nitrogens with one attached hydrogen (secondary N) is 2. The Morgan fingerprint density at radius 2 is 1.87 bits per heavy atom. The van der Waals surface area contributed by atoms with Crippen LogP contribution in [0, 0.1) is 29.4 Å². The maximum Gasteiger partial charge on any atom is 0.435 e. The first-order valence-electron chi connectivity index (χ1n) is 15.9. The second-order valence-electron chi connectivity index (χ2n) is 13.2. The Kier molecular flexibility index (Phi) is 9.25. The second kappa shape index (κ2) is 13.2. The van der Waals surface area contributed by atoms with Crippen LogP contribution in [0.3, 0.4) is 0 Å². The number of benzene rings is 1. The molecule has 0 aliphatic heterocycles. The monoisotopic (exact) mass is 724 g/mol. The predicted octanol–water partition coefficient (Wildman–Crippen LogP) is 7.18. The van der Waals surface area contributed by atoms with Crippen LogP contribution in [-0.2, 0) is 36.3 Å². The van der Waals surface area contributed by atoms with E-state index in [2.05, 4.69) is 43.8 Å². The van der Waals surface area contributed by atoms with Gasteiger partial charge in [0, 0.05) is 40.5 Å². The molecule has 0 spiro atoms. The average Bonchev–Trinajstić information content (AvgIpc) is 3.72. The van der Waals surface area contributed by atoms with Gasteiger partial charge in [-0.15, -0.1) is 0 Å². The molecule has 2 atom stereocenters. The summed E-state index contributed by atoms with van der Waals surface area (Å²) in [5, 5.41) is 17.0. The van der Waals surface area contributed by atoms with Gasteiger partial charge in [0.15, 0.2) is 5.69 Å². The number of halogens is 7. The maximum absolute atomic E-state index is 15.6. The molecule has 5 aromatic rings. The molecule has 0 bridgehead atoms. The lowest BCUT2D eigenvalue weighted by Gasteiger charge is -2.23. The molecular formula is C37H31F7N6O2. The van der Waals surface area contributed by atoms with Gasteiger partial charge in [0.2, 0.25) is 5.91 Å². The first-order chi connectivity index (χ1) is 24.3. The number of aromatic amines is 1. The van der Waals surface area contributed by atoms with Crippen LogP contribution in [-0.4, -0.2) is 41.3 Å². The normalized spacial score (nSPS) is 15.9. The minimum atomic E-state index is -5.09. The highest BCUT2D eigenvalue weighted by atomic mass is 19.4. The van der Waals surface area contributed by atoms with Gasteiger partial charge in [0.05, 0.1) is 17.7 Å². The number of pyridine rings is 2. The largest absolute Gasteiger partial charge is 0.435 e. The van der Waals surface area contributed by atoms with Gasteiger partial charge in [0.25, 0.3) is 5.92 Å². The fourth-order valence-electron chi connectivity index (χ4n) is 6.30. The molecule has 1 aliphatic carbocycles. The van der Waals surface area contributed by atoms with Crippen LogP contribution in [0.25, 0.3) is 22.2 Å². The Bertz CT molecular complexity index is 2250. The number of aromatic nitrogens is 5. The molecule has 52 heavy (non-hydrogen) atoms. The summed E-state index contributed by atoms with van der Waals surface area (Å²) in [7, 11) is 0. The Balaban J connectivity index is 1.46. The van der Waals surface area contributed by atoms with Crippen LogP contribution in [0.2, 0.25) is 0 Å². The zero-order chi connectivity index (χ0) is 37.7. The number of allylic oxidation sites excluding steroid dienone is 1. The lowest BCUT2D eigenvalue weighted by atomic mass is 9.95. The van der Waals surface area contributed by atoms with Crippen molar-refractivity contribution >= 4 is 16.9 Å². The molecule has 0 saturated carbocycles. The molecule has 15 heteroatoms. The van der Waals surface area contributed by atoms with Crippen LogP contribution >= 0.6 is 0 Å². The fraction of sp³-hybridized carbons (Fsp3) is 0.297. The number of aliphatic hydroxyl groups is 1. The molecule has 1 aliphatic rings. The molecule has 0 saturated heterocycles. The molecule has 270 valence electrons. The standard InChI is InChI=1S/C37H31F7N6O2/c1-19(2)28-16-27-32(37(42,43)44)49-50(33(27)36(28,40)41)18-30(51)48-29(13-20-11-23(38)15-24(39)12-20)31-26(6-5-25(47-31)7-9-35(3,4)52)22-14-21-8-10-45-34(21)46-17-22/h5-6,8,10-12,14-15,17,28-29,52H,1,13,16,18H2,2-4H3,(H,45,46)(H,48,51). The molecule has 8 nitrogen and oxygen atoms in total. The van der Waals surface area contributed by atoms with E-state index < -0.39 is 77.1 Å². The molecule has 4 heterocycles. The van der Waals surface area contributed by atoms with Crippen molar-refractivity contribution in [2.75, 3.05) is 0 Å². The summed E-state index contributed by atoms with van der Waals surface area (Å²) in [4.78, 5) is 25.8. The molecule has 3 N–H and O–H groups in total. The lowest BCUT2D eigenvalue weighted by molar-refractivity contribution is -0.142. The minimum Gasteiger partial charge on any atom is -0.378 e. The number of rotatable bonds is 8. The van der Waals surface area contributed by atoms with E-state index in [0.717, 1.165) is 12.1 Å². The molecule has 0 radical (unpaired) electrons.